The number of para-hydroxylation sites is 1. The van der Waals surface area contributed by atoms with Gasteiger partial charge in [-0.1, -0.05) is 25.1 Å². The van der Waals surface area contributed by atoms with Gasteiger partial charge in [-0.25, -0.2) is 4.98 Å². The van der Waals surface area contributed by atoms with E-state index in [2.05, 4.69) is 33.9 Å². The second-order valence-corrected chi connectivity index (χ2v) is 4.82. The first-order valence-corrected chi connectivity index (χ1v) is 6.81. The van der Waals surface area contributed by atoms with Crippen LogP contribution >= 0.6 is 0 Å². The zero-order valence-corrected chi connectivity index (χ0v) is 11.2. The van der Waals surface area contributed by atoms with Gasteiger partial charge in [0.1, 0.15) is 11.6 Å². The number of nitrogens with zero attached hydrogens (tertiary/aromatic N) is 2. The van der Waals surface area contributed by atoms with E-state index in [9.17, 15) is 0 Å². The number of imidazole rings is 1. The fraction of sp³-hybridized carbons (Fsp3) is 0.400. The van der Waals surface area contributed by atoms with Gasteiger partial charge in [0.25, 0.3) is 0 Å². The van der Waals surface area contributed by atoms with E-state index in [-0.39, 0.29) is 0 Å². The number of hydrogen-bond acceptors (Lipinski definition) is 3. The van der Waals surface area contributed by atoms with Gasteiger partial charge in [0, 0.05) is 30.4 Å². The van der Waals surface area contributed by atoms with Crippen molar-refractivity contribution in [3.05, 3.63) is 48.0 Å². The van der Waals surface area contributed by atoms with Crippen molar-refractivity contribution in [2.75, 3.05) is 13.2 Å². The van der Waals surface area contributed by atoms with Crippen molar-refractivity contribution in [1.29, 1.82) is 0 Å². The van der Waals surface area contributed by atoms with Crippen LogP contribution in [-0.2, 0) is 13.1 Å². The normalized spacial score (nSPS) is 17.2. The molecule has 4 nitrogen and oxygen atoms in total. The Kier molecular flexibility index (Phi) is 3.51. The molecule has 19 heavy (non-hydrogen) atoms. The van der Waals surface area contributed by atoms with Crippen molar-refractivity contribution < 1.29 is 4.74 Å². The molecule has 1 aliphatic heterocycles. The molecule has 0 saturated heterocycles. The van der Waals surface area contributed by atoms with Gasteiger partial charge >= 0.3 is 0 Å². The van der Waals surface area contributed by atoms with Crippen LogP contribution in [0.5, 0.6) is 5.75 Å². The van der Waals surface area contributed by atoms with Gasteiger partial charge in [0.05, 0.1) is 13.2 Å². The highest BCUT2D eigenvalue weighted by Crippen LogP contribution is 2.34. The molecule has 1 aliphatic rings. The third-order valence-corrected chi connectivity index (χ3v) is 3.55. The second-order valence-electron chi connectivity index (χ2n) is 4.82. The number of hydrogen-bond donors (Lipinski definition) is 1. The molecule has 1 aromatic heterocycles. The Bertz CT molecular complexity index is 550. The van der Waals surface area contributed by atoms with Crippen LogP contribution in [0.25, 0.3) is 0 Å². The Labute approximate surface area is 113 Å². The molecule has 0 fully saturated rings. The summed E-state index contributed by atoms with van der Waals surface area (Å²) in [5.41, 5.74) is 1.31. The average Bonchev–Trinajstić information content (AvgIpc) is 3.05. The Morgan fingerprint density at radius 2 is 2.32 bits per heavy atom. The number of benzene rings is 1. The van der Waals surface area contributed by atoms with Gasteiger partial charge in [0.2, 0.25) is 0 Å². The maximum atomic E-state index is 5.73. The summed E-state index contributed by atoms with van der Waals surface area (Å²) in [6.45, 7) is 5.57. The van der Waals surface area contributed by atoms with Crippen molar-refractivity contribution in [3.63, 3.8) is 0 Å². The molecule has 4 heteroatoms. The van der Waals surface area contributed by atoms with Gasteiger partial charge < -0.3 is 14.6 Å². The van der Waals surface area contributed by atoms with Gasteiger partial charge in [-0.05, 0) is 12.6 Å². The van der Waals surface area contributed by atoms with E-state index in [1.54, 1.807) is 0 Å². The molecule has 0 saturated carbocycles. The Hall–Kier alpha value is -1.81. The molecule has 1 aromatic carbocycles. The maximum absolute atomic E-state index is 5.73. The van der Waals surface area contributed by atoms with E-state index in [1.807, 2.05) is 24.5 Å². The Morgan fingerprint density at radius 1 is 1.42 bits per heavy atom. The highest BCUT2D eigenvalue weighted by molar-refractivity contribution is 5.39. The molecule has 0 radical (unpaired) electrons. The van der Waals surface area contributed by atoms with Crippen LogP contribution in [0, 0.1) is 0 Å². The SMILES string of the molecule is CCNCc1nccn1CC1COc2ccccc21. The molecule has 1 N–H and O–H groups in total. The number of rotatable bonds is 5. The van der Waals surface area contributed by atoms with Crippen molar-refractivity contribution in [2.45, 2.75) is 25.9 Å². The van der Waals surface area contributed by atoms with Crippen LogP contribution in [0.3, 0.4) is 0 Å². The fourth-order valence-electron chi connectivity index (χ4n) is 2.53. The molecule has 3 rings (SSSR count). The van der Waals surface area contributed by atoms with Crippen LogP contribution < -0.4 is 10.1 Å². The largest absolute Gasteiger partial charge is 0.493 e. The zero-order valence-electron chi connectivity index (χ0n) is 11.2. The van der Waals surface area contributed by atoms with Crippen molar-refractivity contribution >= 4 is 0 Å². The molecular weight excluding hydrogens is 238 g/mol. The van der Waals surface area contributed by atoms with E-state index in [0.29, 0.717) is 5.92 Å². The lowest BCUT2D eigenvalue weighted by Crippen LogP contribution is -2.18. The molecule has 1 atom stereocenters. The Balaban J connectivity index is 1.74. The van der Waals surface area contributed by atoms with Crippen LogP contribution in [-0.4, -0.2) is 22.7 Å². The molecule has 2 aromatic rings. The van der Waals surface area contributed by atoms with Crippen molar-refractivity contribution in [1.82, 2.24) is 14.9 Å². The topological polar surface area (TPSA) is 39.1 Å². The number of ether oxygens (including phenoxy) is 1. The minimum atomic E-state index is 0.422. The predicted octanol–water partition coefficient (Wildman–Crippen LogP) is 2.17. The van der Waals surface area contributed by atoms with E-state index in [0.717, 1.165) is 37.8 Å². The minimum Gasteiger partial charge on any atom is -0.493 e. The molecule has 0 aliphatic carbocycles. The summed E-state index contributed by atoms with van der Waals surface area (Å²) in [5.74, 6) is 2.54. The summed E-state index contributed by atoms with van der Waals surface area (Å²) in [4.78, 5) is 4.41. The number of fused-ring (bicyclic) bond motifs is 1. The highest BCUT2D eigenvalue weighted by Gasteiger charge is 2.24. The third-order valence-electron chi connectivity index (χ3n) is 3.55. The van der Waals surface area contributed by atoms with E-state index in [1.165, 1.54) is 5.56 Å². The molecule has 2 heterocycles. The lowest BCUT2D eigenvalue weighted by atomic mass is 10.0. The van der Waals surface area contributed by atoms with E-state index < -0.39 is 0 Å². The van der Waals surface area contributed by atoms with Crippen LogP contribution in [0.2, 0.25) is 0 Å². The molecule has 0 bridgehead atoms. The molecule has 100 valence electrons. The summed E-state index contributed by atoms with van der Waals surface area (Å²) in [7, 11) is 0. The van der Waals surface area contributed by atoms with Gasteiger partial charge in [-0.3, -0.25) is 0 Å². The quantitative estimate of drug-likeness (QED) is 0.892. The van der Waals surface area contributed by atoms with Crippen LogP contribution in [0.4, 0.5) is 0 Å². The summed E-state index contributed by atoms with van der Waals surface area (Å²) in [5, 5.41) is 3.32. The summed E-state index contributed by atoms with van der Waals surface area (Å²) < 4.78 is 7.95. The lowest BCUT2D eigenvalue weighted by molar-refractivity contribution is 0.317. The molecular formula is C15H19N3O. The molecule has 1 unspecified atom stereocenters. The zero-order chi connectivity index (χ0) is 13.1. The first kappa shape index (κ1) is 12.2. The third kappa shape index (κ3) is 2.49. The van der Waals surface area contributed by atoms with Crippen molar-refractivity contribution in [3.8, 4) is 5.75 Å². The minimum absolute atomic E-state index is 0.422. The van der Waals surface area contributed by atoms with Gasteiger partial charge in [-0.2, -0.15) is 0 Å². The van der Waals surface area contributed by atoms with Gasteiger partial charge in [0.15, 0.2) is 0 Å². The summed E-state index contributed by atoms with van der Waals surface area (Å²) in [6.07, 6.45) is 3.92. The van der Waals surface area contributed by atoms with Gasteiger partial charge in [-0.15, -0.1) is 0 Å². The number of aromatic nitrogens is 2. The standard InChI is InChI=1S/C15H19N3O/c1-2-16-9-15-17-7-8-18(15)10-12-11-19-14-6-4-3-5-13(12)14/h3-8,12,16H,2,9-11H2,1H3. The Morgan fingerprint density at radius 3 is 3.21 bits per heavy atom. The first-order valence-electron chi connectivity index (χ1n) is 6.81. The first-order chi connectivity index (χ1) is 9.38. The average molecular weight is 257 g/mol. The molecule has 0 amide bonds. The number of nitrogens with one attached hydrogen (secondary N) is 1. The highest BCUT2D eigenvalue weighted by atomic mass is 16.5. The fourth-order valence-corrected chi connectivity index (χ4v) is 2.53. The van der Waals surface area contributed by atoms with E-state index >= 15 is 0 Å². The van der Waals surface area contributed by atoms with Crippen LogP contribution in [0.15, 0.2) is 36.7 Å². The van der Waals surface area contributed by atoms with Crippen molar-refractivity contribution in [2.24, 2.45) is 0 Å². The monoisotopic (exact) mass is 257 g/mol. The van der Waals surface area contributed by atoms with Crippen LogP contribution in [0.1, 0.15) is 24.2 Å². The smallest absolute Gasteiger partial charge is 0.122 e. The predicted molar refractivity (Wildman–Crippen MR) is 74.3 cm³/mol. The second kappa shape index (κ2) is 5.45. The van der Waals surface area contributed by atoms with E-state index in [4.69, 9.17) is 4.74 Å². The summed E-state index contributed by atoms with van der Waals surface area (Å²) in [6, 6.07) is 8.31. The lowest BCUT2D eigenvalue weighted by Gasteiger charge is -2.13. The summed E-state index contributed by atoms with van der Waals surface area (Å²) >= 11 is 0. The maximum Gasteiger partial charge on any atom is 0.122 e. The molecule has 0 spiro atoms.